The minimum absolute atomic E-state index is 0.305. The van der Waals surface area contributed by atoms with Crippen LogP contribution in [0.15, 0.2) is 78.9 Å². The average Bonchev–Trinajstić information content (AvgIpc) is 2.57. The molecular weight excluding hydrogens is 289 g/mol. The van der Waals surface area contributed by atoms with Gasteiger partial charge in [-0.2, -0.15) is 0 Å². The van der Waals surface area contributed by atoms with E-state index in [1.54, 1.807) is 6.07 Å². The molecule has 0 bridgehead atoms. The molecule has 0 radical (unpaired) electrons. The summed E-state index contributed by atoms with van der Waals surface area (Å²) in [5.74, 6) is -0.736. The largest absolute Gasteiger partial charge is 0.322 e. The van der Waals surface area contributed by atoms with E-state index in [1.165, 1.54) is 23.8 Å². The van der Waals surface area contributed by atoms with Crippen molar-refractivity contribution in [2.45, 2.75) is 6.42 Å². The molecule has 3 rings (SSSR count). The van der Waals surface area contributed by atoms with Crippen LogP contribution in [0.5, 0.6) is 0 Å². The first kappa shape index (κ1) is 15.0. The fourth-order valence-corrected chi connectivity index (χ4v) is 2.44. The van der Waals surface area contributed by atoms with E-state index < -0.39 is 5.82 Å². The van der Waals surface area contributed by atoms with Gasteiger partial charge in [-0.15, -0.1) is 0 Å². The second-order valence-corrected chi connectivity index (χ2v) is 5.28. The molecule has 0 aliphatic rings. The van der Waals surface area contributed by atoms with E-state index in [0.717, 1.165) is 17.7 Å². The number of hydrogen-bond donors (Lipinski definition) is 1. The van der Waals surface area contributed by atoms with Gasteiger partial charge in [0.1, 0.15) is 5.82 Å². The molecule has 3 heteroatoms. The van der Waals surface area contributed by atoms with Gasteiger partial charge in [-0.1, -0.05) is 54.6 Å². The Labute approximate surface area is 134 Å². The van der Waals surface area contributed by atoms with Crippen LogP contribution in [0.2, 0.25) is 0 Å². The molecule has 0 fully saturated rings. The van der Waals surface area contributed by atoms with Gasteiger partial charge in [0, 0.05) is 11.3 Å². The van der Waals surface area contributed by atoms with Crippen LogP contribution in [-0.4, -0.2) is 5.91 Å². The number of hydrogen-bond acceptors (Lipinski definition) is 1. The van der Waals surface area contributed by atoms with E-state index in [4.69, 9.17) is 0 Å². The lowest BCUT2D eigenvalue weighted by Gasteiger charge is -2.11. The predicted octanol–water partition coefficient (Wildman–Crippen LogP) is 4.67. The molecule has 0 aliphatic carbocycles. The van der Waals surface area contributed by atoms with Crippen LogP contribution >= 0.6 is 0 Å². The van der Waals surface area contributed by atoms with E-state index in [1.807, 2.05) is 54.6 Å². The summed E-state index contributed by atoms with van der Waals surface area (Å²) in [4.78, 5) is 12.3. The van der Waals surface area contributed by atoms with Gasteiger partial charge in [-0.3, -0.25) is 4.79 Å². The van der Waals surface area contributed by atoms with Crippen molar-refractivity contribution in [1.29, 1.82) is 0 Å². The zero-order valence-electron chi connectivity index (χ0n) is 12.5. The standard InChI is InChI=1S/C20H16FNO/c21-18-11-6-10-17(14-18)20(23)22-19-12-5-4-9-16(19)13-15-7-2-1-3-8-15/h1-12,14H,13H2,(H,22,23). The van der Waals surface area contributed by atoms with Gasteiger partial charge in [0.05, 0.1) is 0 Å². The summed E-state index contributed by atoms with van der Waals surface area (Å²) in [5, 5.41) is 2.87. The SMILES string of the molecule is O=C(Nc1ccccc1Cc1ccccc1)c1cccc(F)c1. The lowest BCUT2D eigenvalue weighted by atomic mass is 10.0. The maximum atomic E-state index is 13.3. The second-order valence-electron chi connectivity index (χ2n) is 5.28. The number of benzene rings is 3. The number of halogens is 1. The number of para-hydroxylation sites is 1. The monoisotopic (exact) mass is 305 g/mol. The molecule has 0 saturated heterocycles. The Kier molecular flexibility index (Phi) is 4.48. The van der Waals surface area contributed by atoms with Crippen LogP contribution in [-0.2, 0) is 6.42 Å². The lowest BCUT2D eigenvalue weighted by Crippen LogP contribution is -2.13. The Bertz CT molecular complexity index is 815. The number of carbonyl (C=O) groups is 1. The summed E-state index contributed by atoms with van der Waals surface area (Å²) >= 11 is 0. The first-order valence-electron chi connectivity index (χ1n) is 7.41. The first-order valence-corrected chi connectivity index (χ1v) is 7.41. The molecule has 2 nitrogen and oxygen atoms in total. The quantitative estimate of drug-likeness (QED) is 0.745. The molecule has 0 saturated carbocycles. The highest BCUT2D eigenvalue weighted by Gasteiger charge is 2.10. The predicted molar refractivity (Wildman–Crippen MR) is 90.0 cm³/mol. The molecule has 114 valence electrons. The maximum absolute atomic E-state index is 13.3. The highest BCUT2D eigenvalue weighted by molar-refractivity contribution is 6.04. The highest BCUT2D eigenvalue weighted by Crippen LogP contribution is 2.20. The van der Waals surface area contributed by atoms with Gasteiger partial charge >= 0.3 is 0 Å². The Balaban J connectivity index is 1.82. The van der Waals surface area contributed by atoms with Gasteiger partial charge < -0.3 is 5.32 Å². The smallest absolute Gasteiger partial charge is 0.255 e. The summed E-state index contributed by atoms with van der Waals surface area (Å²) in [6, 6.07) is 23.4. The van der Waals surface area contributed by atoms with Crippen LogP contribution < -0.4 is 5.32 Å². The molecule has 0 unspecified atom stereocenters. The van der Waals surface area contributed by atoms with E-state index in [9.17, 15) is 9.18 Å². The lowest BCUT2D eigenvalue weighted by molar-refractivity contribution is 0.102. The third kappa shape index (κ3) is 3.83. The molecule has 23 heavy (non-hydrogen) atoms. The van der Waals surface area contributed by atoms with Gasteiger partial charge in [0.25, 0.3) is 5.91 Å². The first-order chi connectivity index (χ1) is 11.2. The molecule has 0 aliphatic heterocycles. The summed E-state index contributed by atoms with van der Waals surface area (Å²) < 4.78 is 13.3. The Hall–Kier alpha value is -2.94. The van der Waals surface area contributed by atoms with Crippen molar-refractivity contribution in [3.8, 4) is 0 Å². The van der Waals surface area contributed by atoms with E-state index >= 15 is 0 Å². The van der Waals surface area contributed by atoms with E-state index in [2.05, 4.69) is 5.32 Å². The zero-order chi connectivity index (χ0) is 16.1. The third-order valence-electron chi connectivity index (χ3n) is 3.59. The molecule has 0 atom stereocenters. The minimum atomic E-state index is -0.421. The van der Waals surface area contributed by atoms with Crippen molar-refractivity contribution in [1.82, 2.24) is 0 Å². The molecule has 1 amide bonds. The van der Waals surface area contributed by atoms with Crippen LogP contribution in [0.3, 0.4) is 0 Å². The second kappa shape index (κ2) is 6.88. The maximum Gasteiger partial charge on any atom is 0.255 e. The Morgan fingerprint density at radius 1 is 0.870 bits per heavy atom. The average molecular weight is 305 g/mol. The Morgan fingerprint density at radius 3 is 2.39 bits per heavy atom. The van der Waals surface area contributed by atoms with Crippen molar-refractivity contribution in [2.24, 2.45) is 0 Å². The number of rotatable bonds is 4. The molecule has 0 spiro atoms. The van der Waals surface area contributed by atoms with Gasteiger partial charge in [-0.25, -0.2) is 4.39 Å². The van der Waals surface area contributed by atoms with Crippen LogP contribution in [0, 0.1) is 5.82 Å². The van der Waals surface area contributed by atoms with Crippen LogP contribution in [0.25, 0.3) is 0 Å². The van der Waals surface area contributed by atoms with E-state index in [-0.39, 0.29) is 5.91 Å². The highest BCUT2D eigenvalue weighted by atomic mass is 19.1. The van der Waals surface area contributed by atoms with Gasteiger partial charge in [0.15, 0.2) is 0 Å². The number of amides is 1. The normalized spacial score (nSPS) is 10.3. The summed E-state index contributed by atoms with van der Waals surface area (Å²) in [6.45, 7) is 0. The van der Waals surface area contributed by atoms with E-state index in [0.29, 0.717) is 5.56 Å². The van der Waals surface area contributed by atoms with Crippen molar-refractivity contribution < 1.29 is 9.18 Å². The van der Waals surface area contributed by atoms with Crippen molar-refractivity contribution in [3.63, 3.8) is 0 Å². The molecule has 3 aromatic rings. The molecular formula is C20H16FNO. The number of anilines is 1. The molecule has 3 aromatic carbocycles. The zero-order valence-corrected chi connectivity index (χ0v) is 12.5. The summed E-state index contributed by atoms with van der Waals surface area (Å²) in [7, 11) is 0. The summed E-state index contributed by atoms with van der Waals surface area (Å²) in [5.41, 5.74) is 3.23. The minimum Gasteiger partial charge on any atom is -0.322 e. The fraction of sp³-hybridized carbons (Fsp3) is 0.0500. The van der Waals surface area contributed by atoms with Crippen LogP contribution in [0.4, 0.5) is 10.1 Å². The molecule has 0 aromatic heterocycles. The van der Waals surface area contributed by atoms with Crippen LogP contribution in [0.1, 0.15) is 21.5 Å². The number of carbonyl (C=O) groups excluding carboxylic acids is 1. The Morgan fingerprint density at radius 2 is 1.61 bits per heavy atom. The van der Waals surface area contributed by atoms with Crippen molar-refractivity contribution >= 4 is 11.6 Å². The molecule has 0 heterocycles. The van der Waals surface area contributed by atoms with Crippen molar-refractivity contribution in [2.75, 3.05) is 5.32 Å². The van der Waals surface area contributed by atoms with Gasteiger partial charge in [0.2, 0.25) is 0 Å². The summed E-state index contributed by atoms with van der Waals surface area (Å²) in [6.07, 6.45) is 0.723. The molecule has 1 N–H and O–H groups in total. The van der Waals surface area contributed by atoms with Gasteiger partial charge in [-0.05, 0) is 41.8 Å². The number of nitrogens with one attached hydrogen (secondary N) is 1. The van der Waals surface area contributed by atoms with Crippen molar-refractivity contribution in [3.05, 3.63) is 101 Å². The fourth-order valence-electron chi connectivity index (χ4n) is 2.44. The third-order valence-corrected chi connectivity index (χ3v) is 3.59. The topological polar surface area (TPSA) is 29.1 Å².